The minimum Gasteiger partial charge on any atom is -0.423 e. The van der Waals surface area contributed by atoms with Gasteiger partial charge in [-0.25, -0.2) is 13.2 Å². The van der Waals surface area contributed by atoms with Gasteiger partial charge in [0, 0.05) is 23.7 Å². The first-order valence-corrected chi connectivity index (χ1v) is 9.96. The molecule has 0 saturated carbocycles. The summed E-state index contributed by atoms with van der Waals surface area (Å²) in [4.78, 5) is 11.9. The lowest BCUT2D eigenvalue weighted by Crippen LogP contribution is -2.10. The molecule has 2 N–H and O–H groups in total. The Balaban J connectivity index is 1.89. The van der Waals surface area contributed by atoms with Gasteiger partial charge in [-0.15, -0.1) is 0 Å². The molecule has 6 nitrogen and oxygen atoms in total. The zero-order chi connectivity index (χ0) is 18.9. The molecule has 0 spiro atoms. The summed E-state index contributed by atoms with van der Waals surface area (Å²) in [6.07, 6.45) is 1.10. The molecule has 0 aliphatic heterocycles. The van der Waals surface area contributed by atoms with Gasteiger partial charge in [0.15, 0.2) is 0 Å². The predicted molar refractivity (Wildman–Crippen MR) is 104 cm³/mol. The van der Waals surface area contributed by atoms with Gasteiger partial charge in [0.2, 0.25) is 10.0 Å². The third kappa shape index (κ3) is 4.23. The Morgan fingerprint density at radius 1 is 1.00 bits per heavy atom. The van der Waals surface area contributed by atoms with Gasteiger partial charge in [-0.3, -0.25) is 4.72 Å². The molecule has 0 atom stereocenters. The molecular formula is C19H20N2O4S. The van der Waals surface area contributed by atoms with Gasteiger partial charge in [0.05, 0.1) is 11.9 Å². The van der Waals surface area contributed by atoms with Crippen LogP contribution < -0.4 is 15.7 Å². The standard InChI is InChI=1S/C19H20N2O4S/c1-12-7-17-14(9-19(22)25-18(17)8-13(12)2)11-20-15-5-4-6-16(10-15)21-26(3,23)24/h4-10,20-21H,11H2,1-3H3. The molecule has 26 heavy (non-hydrogen) atoms. The van der Waals surface area contributed by atoms with Crippen molar-refractivity contribution in [2.24, 2.45) is 0 Å². The predicted octanol–water partition coefficient (Wildman–Crippen LogP) is 3.39. The summed E-state index contributed by atoms with van der Waals surface area (Å²) in [7, 11) is -3.34. The van der Waals surface area contributed by atoms with Gasteiger partial charge in [-0.2, -0.15) is 0 Å². The highest BCUT2D eigenvalue weighted by Crippen LogP contribution is 2.23. The molecule has 1 heterocycles. The molecule has 0 aliphatic carbocycles. The van der Waals surface area contributed by atoms with Gasteiger partial charge < -0.3 is 9.73 Å². The molecule has 3 rings (SSSR count). The first-order chi connectivity index (χ1) is 12.2. The third-order valence-electron chi connectivity index (χ3n) is 4.09. The maximum atomic E-state index is 11.9. The summed E-state index contributed by atoms with van der Waals surface area (Å²) in [5, 5.41) is 4.11. The van der Waals surface area contributed by atoms with E-state index in [2.05, 4.69) is 10.0 Å². The number of rotatable bonds is 5. The van der Waals surface area contributed by atoms with Crippen molar-refractivity contribution in [3.8, 4) is 0 Å². The summed E-state index contributed by atoms with van der Waals surface area (Å²) in [6, 6.07) is 12.3. The average Bonchev–Trinajstić information content (AvgIpc) is 2.53. The molecule has 136 valence electrons. The summed E-state index contributed by atoms with van der Waals surface area (Å²) >= 11 is 0. The minimum atomic E-state index is -3.34. The van der Waals surface area contributed by atoms with Crippen LogP contribution in [-0.4, -0.2) is 14.7 Å². The first-order valence-electron chi connectivity index (χ1n) is 8.07. The lowest BCUT2D eigenvalue weighted by molar-refractivity contribution is 0.559. The quantitative estimate of drug-likeness (QED) is 0.670. The van der Waals surface area contributed by atoms with Crippen LogP contribution in [0.3, 0.4) is 0 Å². The van der Waals surface area contributed by atoms with Crippen molar-refractivity contribution >= 4 is 32.4 Å². The van der Waals surface area contributed by atoms with Crippen LogP contribution in [0.25, 0.3) is 11.0 Å². The van der Waals surface area contributed by atoms with Crippen LogP contribution in [-0.2, 0) is 16.6 Å². The van der Waals surface area contributed by atoms with Crippen molar-refractivity contribution in [1.29, 1.82) is 0 Å². The monoisotopic (exact) mass is 372 g/mol. The normalized spacial score (nSPS) is 11.5. The highest BCUT2D eigenvalue weighted by molar-refractivity contribution is 7.92. The maximum Gasteiger partial charge on any atom is 0.336 e. The lowest BCUT2D eigenvalue weighted by atomic mass is 10.0. The van der Waals surface area contributed by atoms with Crippen molar-refractivity contribution in [3.05, 3.63) is 69.6 Å². The van der Waals surface area contributed by atoms with Crippen LogP contribution in [0.15, 0.2) is 51.7 Å². The second kappa shape index (κ2) is 6.84. The van der Waals surface area contributed by atoms with Gasteiger partial charge in [-0.1, -0.05) is 6.07 Å². The largest absolute Gasteiger partial charge is 0.423 e. The zero-order valence-electron chi connectivity index (χ0n) is 14.8. The van der Waals surface area contributed by atoms with Crippen molar-refractivity contribution < 1.29 is 12.8 Å². The van der Waals surface area contributed by atoms with Crippen LogP contribution in [0.5, 0.6) is 0 Å². The molecule has 3 aromatic rings. The van der Waals surface area contributed by atoms with E-state index in [9.17, 15) is 13.2 Å². The number of aryl methyl sites for hydroxylation is 2. The van der Waals surface area contributed by atoms with Crippen LogP contribution >= 0.6 is 0 Å². The molecule has 0 aliphatic rings. The van der Waals surface area contributed by atoms with Gasteiger partial charge in [0.25, 0.3) is 0 Å². The van der Waals surface area contributed by atoms with E-state index >= 15 is 0 Å². The van der Waals surface area contributed by atoms with Crippen molar-refractivity contribution in [3.63, 3.8) is 0 Å². The third-order valence-corrected chi connectivity index (χ3v) is 4.70. The summed E-state index contributed by atoms with van der Waals surface area (Å²) in [5.74, 6) is 0. The summed E-state index contributed by atoms with van der Waals surface area (Å²) < 4.78 is 30.5. The number of sulfonamides is 1. The Hall–Kier alpha value is -2.80. The molecule has 0 amide bonds. The SMILES string of the molecule is Cc1cc2oc(=O)cc(CNc3cccc(NS(C)(=O)=O)c3)c2cc1C. The average molecular weight is 372 g/mol. The summed E-state index contributed by atoms with van der Waals surface area (Å²) in [6.45, 7) is 4.39. The van der Waals surface area contributed by atoms with Crippen molar-refractivity contribution in [1.82, 2.24) is 0 Å². The topological polar surface area (TPSA) is 88.4 Å². The van der Waals surface area contributed by atoms with E-state index in [1.165, 1.54) is 6.07 Å². The fourth-order valence-electron chi connectivity index (χ4n) is 2.73. The second-order valence-electron chi connectivity index (χ2n) is 6.33. The van der Waals surface area contributed by atoms with E-state index in [0.717, 1.165) is 34.0 Å². The molecule has 0 fully saturated rings. The first kappa shape index (κ1) is 18.0. The number of anilines is 2. The number of benzene rings is 2. The summed E-state index contributed by atoms with van der Waals surface area (Å²) in [5.41, 5.74) is 4.37. The fraction of sp³-hybridized carbons (Fsp3) is 0.211. The molecule has 0 saturated heterocycles. The number of fused-ring (bicyclic) bond motifs is 1. The van der Waals surface area contributed by atoms with Crippen molar-refractivity contribution in [2.75, 3.05) is 16.3 Å². The Bertz CT molecular complexity index is 1130. The number of hydrogen-bond donors (Lipinski definition) is 2. The minimum absolute atomic E-state index is 0.398. The smallest absolute Gasteiger partial charge is 0.336 e. The van der Waals surface area contributed by atoms with Crippen LogP contribution in [0.1, 0.15) is 16.7 Å². The van der Waals surface area contributed by atoms with E-state index in [4.69, 9.17) is 4.42 Å². The lowest BCUT2D eigenvalue weighted by Gasteiger charge is -2.11. The molecular weight excluding hydrogens is 352 g/mol. The van der Waals surface area contributed by atoms with Crippen LogP contribution in [0, 0.1) is 13.8 Å². The fourth-order valence-corrected chi connectivity index (χ4v) is 3.29. The molecule has 7 heteroatoms. The van der Waals surface area contributed by atoms with E-state index in [-0.39, 0.29) is 0 Å². The van der Waals surface area contributed by atoms with E-state index in [0.29, 0.717) is 17.8 Å². The Morgan fingerprint density at radius 2 is 1.69 bits per heavy atom. The van der Waals surface area contributed by atoms with E-state index in [1.807, 2.05) is 32.0 Å². The number of hydrogen-bond acceptors (Lipinski definition) is 5. The van der Waals surface area contributed by atoms with Gasteiger partial charge in [-0.05, 0) is 60.9 Å². The second-order valence-corrected chi connectivity index (χ2v) is 8.08. The highest BCUT2D eigenvalue weighted by atomic mass is 32.2. The Morgan fingerprint density at radius 3 is 2.42 bits per heavy atom. The van der Waals surface area contributed by atoms with Crippen molar-refractivity contribution in [2.45, 2.75) is 20.4 Å². The maximum absolute atomic E-state index is 11.9. The molecule has 1 aromatic heterocycles. The Labute approximate surface area is 151 Å². The van der Waals surface area contributed by atoms with E-state index < -0.39 is 15.6 Å². The highest BCUT2D eigenvalue weighted by Gasteiger charge is 2.08. The molecule has 2 aromatic carbocycles. The van der Waals surface area contributed by atoms with Gasteiger partial charge >= 0.3 is 5.63 Å². The number of nitrogens with one attached hydrogen (secondary N) is 2. The Kier molecular flexibility index (Phi) is 4.73. The van der Waals surface area contributed by atoms with Crippen LogP contribution in [0.2, 0.25) is 0 Å². The molecule has 0 unspecified atom stereocenters. The van der Waals surface area contributed by atoms with E-state index in [1.54, 1.807) is 18.2 Å². The molecule has 0 radical (unpaired) electrons. The zero-order valence-corrected chi connectivity index (χ0v) is 15.6. The molecule has 0 bridgehead atoms. The van der Waals surface area contributed by atoms with Gasteiger partial charge in [0.1, 0.15) is 5.58 Å². The van der Waals surface area contributed by atoms with Crippen LogP contribution in [0.4, 0.5) is 11.4 Å².